The number of furan rings is 1. The third-order valence-electron chi connectivity index (χ3n) is 4.33. The molecule has 0 atom stereocenters. The van der Waals surface area contributed by atoms with E-state index in [1.165, 1.54) is 6.07 Å². The van der Waals surface area contributed by atoms with E-state index in [1.807, 2.05) is 42.5 Å². The fourth-order valence-electron chi connectivity index (χ4n) is 3.05. The van der Waals surface area contributed by atoms with E-state index in [4.69, 9.17) is 4.42 Å². The van der Waals surface area contributed by atoms with Crippen LogP contribution >= 0.6 is 0 Å². The molecule has 1 N–H and O–H groups in total. The zero-order valence-electron chi connectivity index (χ0n) is 13.8. The SMILES string of the molecule is O=C(NCCc1ccc2oc3ccccc3c2c1)c1c(F)cccc1F. The molecule has 0 fully saturated rings. The summed E-state index contributed by atoms with van der Waals surface area (Å²) in [6, 6.07) is 17.0. The largest absolute Gasteiger partial charge is 0.456 e. The first-order valence-electron chi connectivity index (χ1n) is 8.26. The Bertz CT molecular complexity index is 1100. The average molecular weight is 351 g/mol. The van der Waals surface area contributed by atoms with Crippen molar-refractivity contribution >= 4 is 27.8 Å². The first-order chi connectivity index (χ1) is 12.6. The first-order valence-corrected chi connectivity index (χ1v) is 8.26. The number of carbonyl (C=O) groups excluding carboxylic acids is 1. The summed E-state index contributed by atoms with van der Waals surface area (Å²) < 4.78 is 33.0. The molecule has 0 saturated heterocycles. The third kappa shape index (κ3) is 2.92. The van der Waals surface area contributed by atoms with Gasteiger partial charge in [0.05, 0.1) is 0 Å². The Labute approximate surface area is 148 Å². The van der Waals surface area contributed by atoms with Crippen LogP contribution in [0.25, 0.3) is 21.9 Å². The number of halogens is 2. The van der Waals surface area contributed by atoms with Crippen LogP contribution in [0.15, 0.2) is 65.1 Å². The van der Waals surface area contributed by atoms with E-state index < -0.39 is 23.1 Å². The maximum absolute atomic E-state index is 13.6. The van der Waals surface area contributed by atoms with Crippen LogP contribution in [0.5, 0.6) is 0 Å². The van der Waals surface area contributed by atoms with Crippen LogP contribution in [0.1, 0.15) is 15.9 Å². The van der Waals surface area contributed by atoms with Crippen LogP contribution in [0, 0.1) is 11.6 Å². The van der Waals surface area contributed by atoms with Gasteiger partial charge in [0.15, 0.2) is 0 Å². The van der Waals surface area contributed by atoms with Gasteiger partial charge in [0, 0.05) is 17.3 Å². The average Bonchev–Trinajstić information content (AvgIpc) is 3.00. The van der Waals surface area contributed by atoms with E-state index in [2.05, 4.69) is 5.32 Å². The monoisotopic (exact) mass is 351 g/mol. The molecule has 0 aliphatic rings. The minimum Gasteiger partial charge on any atom is -0.456 e. The lowest BCUT2D eigenvalue weighted by Gasteiger charge is -2.07. The molecule has 0 saturated carbocycles. The van der Waals surface area contributed by atoms with Gasteiger partial charge >= 0.3 is 0 Å². The molecule has 0 aliphatic carbocycles. The summed E-state index contributed by atoms with van der Waals surface area (Å²) in [4.78, 5) is 12.0. The van der Waals surface area contributed by atoms with Crippen LogP contribution in [0.2, 0.25) is 0 Å². The van der Waals surface area contributed by atoms with Crippen molar-refractivity contribution in [2.75, 3.05) is 6.54 Å². The minimum absolute atomic E-state index is 0.272. The number of hydrogen-bond acceptors (Lipinski definition) is 2. The molecule has 26 heavy (non-hydrogen) atoms. The Hall–Kier alpha value is -3.21. The summed E-state index contributed by atoms with van der Waals surface area (Å²) in [5.41, 5.74) is 2.07. The molecule has 4 aromatic rings. The van der Waals surface area contributed by atoms with E-state index in [0.29, 0.717) is 6.42 Å². The van der Waals surface area contributed by atoms with Crippen molar-refractivity contribution in [1.82, 2.24) is 5.32 Å². The third-order valence-corrected chi connectivity index (χ3v) is 4.33. The number of rotatable bonds is 4. The van der Waals surface area contributed by atoms with Gasteiger partial charge in [-0.05, 0) is 42.3 Å². The van der Waals surface area contributed by atoms with Gasteiger partial charge < -0.3 is 9.73 Å². The van der Waals surface area contributed by atoms with Gasteiger partial charge in [-0.15, -0.1) is 0 Å². The van der Waals surface area contributed by atoms with Crippen LogP contribution in [0.3, 0.4) is 0 Å². The summed E-state index contributed by atoms with van der Waals surface area (Å²) in [6.07, 6.45) is 0.539. The van der Waals surface area contributed by atoms with Gasteiger partial charge in [0.2, 0.25) is 0 Å². The lowest BCUT2D eigenvalue weighted by molar-refractivity contribution is 0.0945. The molecule has 0 radical (unpaired) electrons. The number of benzene rings is 3. The zero-order chi connectivity index (χ0) is 18.1. The summed E-state index contributed by atoms with van der Waals surface area (Å²) in [6.45, 7) is 0.272. The zero-order valence-corrected chi connectivity index (χ0v) is 13.8. The van der Waals surface area contributed by atoms with Gasteiger partial charge in [0.25, 0.3) is 5.91 Å². The Kier molecular flexibility index (Phi) is 4.13. The highest BCUT2D eigenvalue weighted by Crippen LogP contribution is 2.29. The summed E-state index contributed by atoms with van der Waals surface area (Å²) in [7, 11) is 0. The normalized spacial score (nSPS) is 11.2. The quantitative estimate of drug-likeness (QED) is 0.572. The van der Waals surface area contributed by atoms with Gasteiger partial charge in [0.1, 0.15) is 28.4 Å². The smallest absolute Gasteiger partial charge is 0.257 e. The standard InChI is InChI=1S/C21H15F2NO2/c22-16-5-3-6-17(23)20(16)21(25)24-11-10-13-8-9-19-15(12-13)14-4-1-2-7-18(14)26-19/h1-9,12H,10-11H2,(H,24,25). The number of hydrogen-bond donors (Lipinski definition) is 1. The second-order valence-corrected chi connectivity index (χ2v) is 6.03. The molecule has 130 valence electrons. The topological polar surface area (TPSA) is 42.2 Å². The highest BCUT2D eigenvalue weighted by Gasteiger charge is 2.16. The van der Waals surface area contributed by atoms with Crippen LogP contribution in [0.4, 0.5) is 8.78 Å². The van der Waals surface area contributed by atoms with Gasteiger partial charge in [-0.2, -0.15) is 0 Å². The van der Waals surface area contributed by atoms with E-state index >= 15 is 0 Å². The molecule has 3 nitrogen and oxygen atoms in total. The van der Waals surface area contributed by atoms with Gasteiger partial charge in [-0.1, -0.05) is 30.3 Å². The van der Waals surface area contributed by atoms with Crippen LogP contribution < -0.4 is 5.32 Å². The summed E-state index contributed by atoms with van der Waals surface area (Å²) >= 11 is 0. The summed E-state index contributed by atoms with van der Waals surface area (Å²) in [5.74, 6) is -2.49. The Balaban J connectivity index is 1.49. The lowest BCUT2D eigenvalue weighted by Crippen LogP contribution is -2.27. The molecule has 1 amide bonds. The Morgan fingerprint density at radius 3 is 2.42 bits per heavy atom. The fraction of sp³-hybridized carbons (Fsp3) is 0.0952. The lowest BCUT2D eigenvalue weighted by atomic mass is 10.1. The molecule has 1 aromatic heterocycles. The van der Waals surface area contributed by atoms with Crippen molar-refractivity contribution < 1.29 is 18.0 Å². The number of carbonyl (C=O) groups is 1. The van der Waals surface area contributed by atoms with E-state index in [-0.39, 0.29) is 6.54 Å². The number of para-hydroxylation sites is 1. The van der Waals surface area contributed by atoms with Crippen molar-refractivity contribution in [2.24, 2.45) is 0 Å². The van der Waals surface area contributed by atoms with Crippen LogP contribution in [-0.2, 0) is 6.42 Å². The first kappa shape index (κ1) is 16.3. The minimum atomic E-state index is -0.867. The second-order valence-electron chi connectivity index (χ2n) is 6.03. The van der Waals surface area contributed by atoms with Crippen molar-refractivity contribution in [3.63, 3.8) is 0 Å². The van der Waals surface area contributed by atoms with Crippen molar-refractivity contribution in [3.8, 4) is 0 Å². The second kappa shape index (κ2) is 6.59. The molecule has 5 heteroatoms. The molecule has 4 rings (SSSR count). The predicted molar refractivity (Wildman–Crippen MR) is 96.1 cm³/mol. The van der Waals surface area contributed by atoms with Crippen LogP contribution in [-0.4, -0.2) is 12.5 Å². The molecule has 1 heterocycles. The van der Waals surface area contributed by atoms with E-state index in [1.54, 1.807) is 0 Å². The molecular weight excluding hydrogens is 336 g/mol. The molecule has 0 unspecified atom stereocenters. The maximum Gasteiger partial charge on any atom is 0.257 e. The number of fused-ring (bicyclic) bond motifs is 3. The highest BCUT2D eigenvalue weighted by atomic mass is 19.1. The van der Waals surface area contributed by atoms with E-state index in [9.17, 15) is 13.6 Å². The molecule has 0 spiro atoms. The van der Waals surface area contributed by atoms with Gasteiger partial charge in [-0.3, -0.25) is 4.79 Å². The summed E-state index contributed by atoms with van der Waals surface area (Å²) in [5, 5.41) is 4.60. The fourth-order valence-corrected chi connectivity index (χ4v) is 3.05. The Morgan fingerprint density at radius 1 is 0.885 bits per heavy atom. The maximum atomic E-state index is 13.6. The number of amides is 1. The molecular formula is C21H15F2NO2. The molecule has 0 aliphatic heterocycles. The van der Waals surface area contributed by atoms with Gasteiger partial charge in [-0.25, -0.2) is 8.78 Å². The van der Waals surface area contributed by atoms with Crippen molar-refractivity contribution in [3.05, 3.63) is 83.4 Å². The van der Waals surface area contributed by atoms with Crippen molar-refractivity contribution in [2.45, 2.75) is 6.42 Å². The highest BCUT2D eigenvalue weighted by molar-refractivity contribution is 6.05. The van der Waals surface area contributed by atoms with Crippen molar-refractivity contribution in [1.29, 1.82) is 0 Å². The molecule has 3 aromatic carbocycles. The molecule has 0 bridgehead atoms. The van der Waals surface area contributed by atoms with E-state index in [0.717, 1.165) is 39.6 Å². The Morgan fingerprint density at radius 2 is 1.62 bits per heavy atom. The predicted octanol–water partition coefficient (Wildman–Crippen LogP) is 4.84. The number of nitrogens with one attached hydrogen (secondary N) is 1.